The number of hydrogen-bond donors (Lipinski definition) is 1. The molecule has 0 unspecified atom stereocenters. The van der Waals surface area contributed by atoms with Gasteiger partial charge in [0.15, 0.2) is 0 Å². The van der Waals surface area contributed by atoms with Crippen LogP contribution in [0, 0.1) is 5.41 Å². The third kappa shape index (κ3) is 2.71. The van der Waals surface area contributed by atoms with Gasteiger partial charge < -0.3 is 10.1 Å². The fourth-order valence-corrected chi connectivity index (χ4v) is 2.45. The second-order valence-corrected chi connectivity index (χ2v) is 5.07. The molecule has 0 aliphatic heterocycles. The van der Waals surface area contributed by atoms with E-state index in [2.05, 4.69) is 5.32 Å². The summed E-state index contributed by atoms with van der Waals surface area (Å²) in [5.74, 6) is 0. The highest BCUT2D eigenvalue weighted by Gasteiger charge is 2.36. The Labute approximate surface area is 87.4 Å². The predicted molar refractivity (Wildman–Crippen MR) is 58.4 cm³/mol. The van der Waals surface area contributed by atoms with Crippen molar-refractivity contribution in [3.63, 3.8) is 0 Å². The zero-order valence-electron chi connectivity index (χ0n) is 9.35. The van der Waals surface area contributed by atoms with Crippen LogP contribution in [0.1, 0.15) is 44.9 Å². The molecule has 2 nitrogen and oxygen atoms in total. The summed E-state index contributed by atoms with van der Waals surface area (Å²) in [6.07, 6.45) is 9.76. The molecule has 0 atom stereocenters. The molecule has 2 aliphatic rings. The van der Waals surface area contributed by atoms with Gasteiger partial charge in [0.2, 0.25) is 0 Å². The molecule has 0 spiro atoms. The molecule has 0 heterocycles. The maximum Gasteiger partial charge on any atom is 0.0467 e. The lowest BCUT2D eigenvalue weighted by molar-refractivity contribution is 0.0615. The highest BCUT2D eigenvalue weighted by molar-refractivity contribution is 4.89. The van der Waals surface area contributed by atoms with E-state index in [-0.39, 0.29) is 0 Å². The minimum absolute atomic E-state index is 0.651. The van der Waals surface area contributed by atoms with Crippen molar-refractivity contribution in [1.82, 2.24) is 5.32 Å². The van der Waals surface area contributed by atoms with E-state index in [0.29, 0.717) is 5.41 Å². The number of hydrogen-bond acceptors (Lipinski definition) is 2. The molecule has 0 aromatic rings. The molecule has 2 saturated carbocycles. The van der Waals surface area contributed by atoms with Gasteiger partial charge in [-0.3, -0.25) is 0 Å². The molecular formula is C12H23NO. The number of ether oxygens (including phenoxy) is 1. The molecule has 2 aliphatic carbocycles. The topological polar surface area (TPSA) is 21.3 Å². The predicted octanol–water partition coefficient (Wildman–Crippen LogP) is 2.34. The largest absolute Gasteiger partial charge is 0.385 e. The van der Waals surface area contributed by atoms with Gasteiger partial charge in [-0.15, -0.1) is 0 Å². The van der Waals surface area contributed by atoms with Crippen LogP contribution in [0.3, 0.4) is 0 Å². The standard InChI is InChI=1S/C12H23NO/c1-14-10-8-12(5-2-6-12)7-9-13-11-3-4-11/h11,13H,2-10H2,1H3. The third-order valence-electron chi connectivity index (χ3n) is 3.92. The fourth-order valence-electron chi connectivity index (χ4n) is 2.45. The molecule has 14 heavy (non-hydrogen) atoms. The number of rotatable bonds is 7. The summed E-state index contributed by atoms with van der Waals surface area (Å²) in [6, 6.07) is 0.870. The molecule has 0 saturated heterocycles. The first-order valence-electron chi connectivity index (χ1n) is 6.07. The van der Waals surface area contributed by atoms with Gasteiger partial charge in [-0.1, -0.05) is 6.42 Å². The summed E-state index contributed by atoms with van der Waals surface area (Å²) < 4.78 is 5.19. The van der Waals surface area contributed by atoms with Gasteiger partial charge in [-0.05, 0) is 50.5 Å². The quantitative estimate of drug-likeness (QED) is 0.676. The summed E-state index contributed by atoms with van der Waals surface area (Å²) in [5.41, 5.74) is 0.651. The average Bonchev–Trinajstić information content (AvgIpc) is 2.92. The summed E-state index contributed by atoms with van der Waals surface area (Å²) in [5, 5.41) is 3.62. The molecule has 0 amide bonds. The van der Waals surface area contributed by atoms with Crippen molar-refractivity contribution in [1.29, 1.82) is 0 Å². The van der Waals surface area contributed by atoms with E-state index >= 15 is 0 Å². The third-order valence-corrected chi connectivity index (χ3v) is 3.92. The normalized spacial score (nSPS) is 24.6. The molecular weight excluding hydrogens is 174 g/mol. The first kappa shape index (κ1) is 10.4. The number of nitrogens with one attached hydrogen (secondary N) is 1. The van der Waals surface area contributed by atoms with E-state index in [0.717, 1.165) is 12.6 Å². The summed E-state index contributed by atoms with van der Waals surface area (Å²) >= 11 is 0. The van der Waals surface area contributed by atoms with Gasteiger partial charge in [0.05, 0.1) is 0 Å². The molecule has 0 radical (unpaired) electrons. The molecule has 2 rings (SSSR count). The van der Waals surface area contributed by atoms with Crippen molar-refractivity contribution in [2.45, 2.75) is 51.0 Å². The van der Waals surface area contributed by atoms with Gasteiger partial charge in [0.25, 0.3) is 0 Å². The van der Waals surface area contributed by atoms with E-state index in [4.69, 9.17) is 4.74 Å². The lowest BCUT2D eigenvalue weighted by Crippen LogP contribution is -2.34. The Kier molecular flexibility index (Phi) is 3.45. The Morgan fingerprint density at radius 3 is 2.57 bits per heavy atom. The van der Waals surface area contributed by atoms with Crippen LogP contribution in [0.4, 0.5) is 0 Å². The first-order valence-corrected chi connectivity index (χ1v) is 6.07. The molecule has 82 valence electrons. The molecule has 2 heteroatoms. The summed E-state index contributed by atoms with van der Waals surface area (Å²) in [6.45, 7) is 2.18. The summed E-state index contributed by atoms with van der Waals surface area (Å²) in [7, 11) is 1.81. The van der Waals surface area contributed by atoms with Crippen LogP contribution in [0.15, 0.2) is 0 Å². The summed E-state index contributed by atoms with van der Waals surface area (Å²) in [4.78, 5) is 0. The van der Waals surface area contributed by atoms with Crippen molar-refractivity contribution in [3.05, 3.63) is 0 Å². The van der Waals surface area contributed by atoms with Gasteiger partial charge in [-0.25, -0.2) is 0 Å². The van der Waals surface area contributed by atoms with Gasteiger partial charge in [0.1, 0.15) is 0 Å². The minimum Gasteiger partial charge on any atom is -0.385 e. The molecule has 2 fully saturated rings. The van der Waals surface area contributed by atoms with Crippen LogP contribution in [0.25, 0.3) is 0 Å². The van der Waals surface area contributed by atoms with Crippen LogP contribution >= 0.6 is 0 Å². The van der Waals surface area contributed by atoms with Crippen molar-refractivity contribution >= 4 is 0 Å². The Bertz CT molecular complexity index is 173. The van der Waals surface area contributed by atoms with Gasteiger partial charge in [0, 0.05) is 19.8 Å². The smallest absolute Gasteiger partial charge is 0.0467 e. The molecule has 0 aromatic carbocycles. The Morgan fingerprint density at radius 1 is 1.29 bits per heavy atom. The van der Waals surface area contributed by atoms with Crippen LogP contribution in [-0.4, -0.2) is 26.3 Å². The van der Waals surface area contributed by atoms with Crippen LogP contribution in [0.2, 0.25) is 0 Å². The molecule has 0 bridgehead atoms. The highest BCUT2D eigenvalue weighted by Crippen LogP contribution is 2.46. The van der Waals surface area contributed by atoms with E-state index in [9.17, 15) is 0 Å². The minimum atomic E-state index is 0.651. The maximum atomic E-state index is 5.19. The lowest BCUT2D eigenvalue weighted by atomic mass is 9.65. The second kappa shape index (κ2) is 4.63. The van der Waals surface area contributed by atoms with Crippen molar-refractivity contribution in [2.24, 2.45) is 5.41 Å². The van der Waals surface area contributed by atoms with E-state index < -0.39 is 0 Å². The van der Waals surface area contributed by atoms with Crippen LogP contribution in [0.5, 0.6) is 0 Å². The average molecular weight is 197 g/mol. The highest BCUT2D eigenvalue weighted by atomic mass is 16.5. The molecule has 0 aromatic heterocycles. The molecule has 1 N–H and O–H groups in total. The monoisotopic (exact) mass is 197 g/mol. The van der Waals surface area contributed by atoms with E-state index in [1.54, 1.807) is 0 Å². The zero-order chi connectivity index (χ0) is 9.86. The van der Waals surface area contributed by atoms with E-state index in [1.807, 2.05) is 7.11 Å². The Balaban J connectivity index is 1.62. The van der Waals surface area contributed by atoms with Crippen molar-refractivity contribution in [2.75, 3.05) is 20.3 Å². The van der Waals surface area contributed by atoms with E-state index in [1.165, 1.54) is 51.5 Å². The second-order valence-electron chi connectivity index (χ2n) is 5.07. The van der Waals surface area contributed by atoms with Crippen molar-refractivity contribution in [3.8, 4) is 0 Å². The SMILES string of the molecule is COCCC1(CCNC2CC2)CCC1. The van der Waals surface area contributed by atoms with Crippen LogP contribution in [-0.2, 0) is 4.74 Å². The lowest BCUT2D eigenvalue weighted by Gasteiger charge is -2.42. The number of methoxy groups -OCH3 is 1. The first-order chi connectivity index (χ1) is 6.85. The van der Waals surface area contributed by atoms with Crippen molar-refractivity contribution < 1.29 is 4.74 Å². The van der Waals surface area contributed by atoms with Gasteiger partial charge in [-0.2, -0.15) is 0 Å². The Hall–Kier alpha value is -0.0800. The van der Waals surface area contributed by atoms with Gasteiger partial charge >= 0.3 is 0 Å². The zero-order valence-corrected chi connectivity index (χ0v) is 9.35. The Morgan fingerprint density at radius 2 is 2.07 bits per heavy atom. The fraction of sp³-hybridized carbons (Fsp3) is 1.00. The van der Waals surface area contributed by atoms with Crippen LogP contribution < -0.4 is 5.32 Å². The maximum absolute atomic E-state index is 5.19.